The molecule has 0 bridgehead atoms. The first-order valence-corrected chi connectivity index (χ1v) is 7.15. The van der Waals surface area contributed by atoms with Crippen LogP contribution in [-0.4, -0.2) is 44.6 Å². The molecule has 1 aromatic carbocycles. The lowest BCUT2D eigenvalue weighted by Gasteiger charge is -2.37. The summed E-state index contributed by atoms with van der Waals surface area (Å²) in [4.78, 5) is 1.41. The van der Waals surface area contributed by atoms with Crippen molar-refractivity contribution in [1.29, 1.82) is 5.26 Å². The van der Waals surface area contributed by atoms with E-state index in [-0.39, 0.29) is 24.4 Å². The van der Waals surface area contributed by atoms with Crippen LogP contribution in [0.3, 0.4) is 0 Å². The molecule has 1 spiro atoms. The largest absolute Gasteiger partial charge is 0.491 e. The minimum Gasteiger partial charge on any atom is -0.491 e. The molecule has 3 rings (SSSR count). The Hall–Kier alpha value is -2.05. The first kappa shape index (κ1) is 16.8. The number of benzene rings is 1. The molecule has 0 radical (unpaired) electrons. The second-order valence-electron chi connectivity index (χ2n) is 5.73. The third-order valence-electron chi connectivity index (χ3n) is 4.08. The summed E-state index contributed by atoms with van der Waals surface area (Å²) in [6.07, 6.45) is 0.00172. The van der Waals surface area contributed by atoms with Crippen LogP contribution in [0.15, 0.2) is 12.1 Å². The van der Waals surface area contributed by atoms with Crippen molar-refractivity contribution in [3.05, 3.63) is 23.8 Å². The number of hydrogen-bond acceptors (Lipinski definition) is 5. The highest BCUT2D eigenvalue weighted by Crippen LogP contribution is 2.43. The molecular weight excluding hydrogens is 332 g/mol. The lowest BCUT2D eigenvalue weighted by molar-refractivity contribution is -0.319. The number of hydrogen-bond donors (Lipinski definition) is 0. The Kier molecular flexibility index (Phi) is 4.05. The van der Waals surface area contributed by atoms with Crippen LogP contribution in [0.1, 0.15) is 6.42 Å². The summed E-state index contributed by atoms with van der Waals surface area (Å²) in [5, 5.41) is 9.34. The van der Waals surface area contributed by atoms with E-state index in [0.717, 1.165) is 6.07 Å². The molecule has 1 atom stereocenters. The van der Waals surface area contributed by atoms with Gasteiger partial charge in [0.1, 0.15) is 19.3 Å². The molecule has 24 heavy (non-hydrogen) atoms. The SMILES string of the molecule is COc1c(N2CC3(CC2C#N)OCC(F)(F)CO3)ccc(F)c1F. The Morgan fingerprint density at radius 2 is 1.96 bits per heavy atom. The zero-order valence-electron chi connectivity index (χ0n) is 12.7. The number of ether oxygens (including phenoxy) is 3. The summed E-state index contributed by atoms with van der Waals surface area (Å²) in [6, 6.07) is 3.34. The summed E-state index contributed by atoms with van der Waals surface area (Å²) >= 11 is 0. The number of nitriles is 1. The second kappa shape index (κ2) is 5.79. The molecule has 2 fully saturated rings. The van der Waals surface area contributed by atoms with E-state index in [2.05, 4.69) is 0 Å². The monoisotopic (exact) mass is 346 g/mol. The van der Waals surface area contributed by atoms with E-state index in [1.807, 2.05) is 6.07 Å². The van der Waals surface area contributed by atoms with Crippen LogP contribution in [0, 0.1) is 23.0 Å². The topological polar surface area (TPSA) is 54.7 Å². The van der Waals surface area contributed by atoms with Crippen LogP contribution in [0.5, 0.6) is 5.75 Å². The molecule has 130 valence electrons. The Morgan fingerprint density at radius 3 is 2.54 bits per heavy atom. The van der Waals surface area contributed by atoms with Gasteiger partial charge in [-0.2, -0.15) is 9.65 Å². The Labute approximate surface area is 135 Å². The van der Waals surface area contributed by atoms with Crippen LogP contribution < -0.4 is 9.64 Å². The maximum absolute atomic E-state index is 13.9. The number of nitrogens with zero attached hydrogens (tertiary/aromatic N) is 2. The predicted molar refractivity (Wildman–Crippen MR) is 73.9 cm³/mol. The van der Waals surface area contributed by atoms with Crippen molar-refractivity contribution in [1.82, 2.24) is 0 Å². The van der Waals surface area contributed by atoms with Gasteiger partial charge < -0.3 is 19.1 Å². The molecule has 2 aliphatic rings. The Bertz CT molecular complexity index is 682. The Morgan fingerprint density at radius 1 is 1.29 bits per heavy atom. The second-order valence-corrected chi connectivity index (χ2v) is 5.73. The van der Waals surface area contributed by atoms with Crippen molar-refractivity contribution in [3.8, 4) is 11.8 Å². The van der Waals surface area contributed by atoms with Gasteiger partial charge >= 0.3 is 0 Å². The normalized spacial score (nSPS) is 24.8. The van der Waals surface area contributed by atoms with Crippen molar-refractivity contribution in [2.45, 2.75) is 24.2 Å². The van der Waals surface area contributed by atoms with Crippen molar-refractivity contribution in [2.24, 2.45) is 0 Å². The highest BCUT2D eigenvalue weighted by Gasteiger charge is 2.53. The zero-order valence-corrected chi connectivity index (χ0v) is 12.7. The molecule has 2 aliphatic heterocycles. The molecule has 9 heteroatoms. The summed E-state index contributed by atoms with van der Waals surface area (Å²) < 4.78 is 69.0. The summed E-state index contributed by atoms with van der Waals surface area (Å²) in [5.41, 5.74) is 0.129. The van der Waals surface area contributed by atoms with Gasteiger partial charge in [-0.15, -0.1) is 0 Å². The van der Waals surface area contributed by atoms with E-state index < -0.39 is 42.6 Å². The smallest absolute Gasteiger partial charge is 0.293 e. The molecular formula is C15H14F4N2O3. The molecule has 5 nitrogen and oxygen atoms in total. The summed E-state index contributed by atoms with van der Waals surface area (Å²) in [6.45, 7) is -1.73. The van der Waals surface area contributed by atoms with Crippen molar-refractivity contribution in [2.75, 3.05) is 31.8 Å². The van der Waals surface area contributed by atoms with E-state index in [9.17, 15) is 22.8 Å². The molecule has 0 saturated carbocycles. The van der Waals surface area contributed by atoms with Gasteiger partial charge in [-0.25, -0.2) is 13.2 Å². The van der Waals surface area contributed by atoms with Crippen LogP contribution >= 0.6 is 0 Å². The average Bonchev–Trinajstić information content (AvgIpc) is 2.92. The van der Waals surface area contributed by atoms with E-state index in [4.69, 9.17) is 14.2 Å². The maximum Gasteiger partial charge on any atom is 0.293 e. The lowest BCUT2D eigenvalue weighted by Crippen LogP contribution is -2.51. The fourth-order valence-corrected chi connectivity index (χ4v) is 2.92. The summed E-state index contributed by atoms with van der Waals surface area (Å²) in [5.74, 6) is -7.14. The standard InChI is InChI=1S/C15H14F4N2O3/c1-22-13-11(3-2-10(16)12(13)17)21-6-15(4-9(21)5-20)23-7-14(18,19)8-24-15/h2-3,9H,4,6-8H2,1H3. The molecule has 2 saturated heterocycles. The fraction of sp³-hybridized carbons (Fsp3) is 0.533. The molecule has 0 N–H and O–H groups in total. The van der Waals surface area contributed by atoms with Gasteiger partial charge in [-0.3, -0.25) is 0 Å². The molecule has 1 aromatic rings. The minimum absolute atomic E-state index is 0.00172. The van der Waals surface area contributed by atoms with Crippen LogP contribution in [0.25, 0.3) is 0 Å². The first-order chi connectivity index (χ1) is 11.3. The first-order valence-electron chi connectivity index (χ1n) is 7.15. The molecule has 0 aromatic heterocycles. The van der Waals surface area contributed by atoms with Crippen molar-refractivity contribution < 1.29 is 31.8 Å². The van der Waals surface area contributed by atoms with Gasteiger partial charge in [0.05, 0.1) is 25.4 Å². The van der Waals surface area contributed by atoms with Gasteiger partial charge in [-0.05, 0) is 12.1 Å². The highest BCUT2D eigenvalue weighted by molar-refractivity contribution is 5.62. The number of methoxy groups -OCH3 is 1. The van der Waals surface area contributed by atoms with E-state index in [1.54, 1.807) is 0 Å². The average molecular weight is 346 g/mol. The number of anilines is 1. The molecule has 2 heterocycles. The highest BCUT2D eigenvalue weighted by atomic mass is 19.3. The van der Waals surface area contributed by atoms with Gasteiger partial charge in [-0.1, -0.05) is 0 Å². The van der Waals surface area contributed by atoms with Gasteiger partial charge in [0.15, 0.2) is 17.4 Å². The lowest BCUT2D eigenvalue weighted by atomic mass is 10.1. The third kappa shape index (κ3) is 2.76. The van der Waals surface area contributed by atoms with Crippen LogP contribution in [0.4, 0.5) is 23.2 Å². The summed E-state index contributed by atoms with van der Waals surface area (Å²) in [7, 11) is 1.17. The van der Waals surface area contributed by atoms with Gasteiger partial charge in [0.2, 0.25) is 5.82 Å². The van der Waals surface area contributed by atoms with Crippen molar-refractivity contribution in [3.63, 3.8) is 0 Å². The molecule has 0 amide bonds. The van der Waals surface area contributed by atoms with Crippen LogP contribution in [0.2, 0.25) is 0 Å². The number of halogens is 4. The number of rotatable bonds is 2. The quantitative estimate of drug-likeness (QED) is 0.770. The van der Waals surface area contributed by atoms with Crippen LogP contribution in [-0.2, 0) is 9.47 Å². The van der Waals surface area contributed by atoms with E-state index in [0.29, 0.717) is 0 Å². The molecule has 1 unspecified atom stereocenters. The predicted octanol–water partition coefficient (Wildman–Crippen LogP) is 2.45. The zero-order chi connectivity index (χ0) is 17.5. The van der Waals surface area contributed by atoms with Gasteiger partial charge in [0.25, 0.3) is 5.92 Å². The molecule has 0 aliphatic carbocycles. The van der Waals surface area contributed by atoms with Gasteiger partial charge in [0, 0.05) is 6.42 Å². The third-order valence-corrected chi connectivity index (χ3v) is 4.08. The minimum atomic E-state index is -3.10. The number of alkyl halides is 2. The van der Waals surface area contributed by atoms with Crippen molar-refractivity contribution >= 4 is 5.69 Å². The van der Waals surface area contributed by atoms with E-state index in [1.165, 1.54) is 18.1 Å². The Balaban J connectivity index is 1.92. The van der Waals surface area contributed by atoms with E-state index >= 15 is 0 Å². The fourth-order valence-electron chi connectivity index (χ4n) is 2.92. The maximum atomic E-state index is 13.9.